The number of fused-ring (bicyclic) bond motifs is 4. The molecule has 1 aliphatic heterocycles. The molecule has 31 heavy (non-hydrogen) atoms. The van der Waals surface area contributed by atoms with Gasteiger partial charge in [0.1, 0.15) is 11.6 Å². The van der Waals surface area contributed by atoms with Crippen LogP contribution in [0.25, 0.3) is 10.9 Å². The van der Waals surface area contributed by atoms with Crippen LogP contribution in [0.4, 0.5) is 4.39 Å². The maximum absolute atomic E-state index is 14.8. The second-order valence-electron chi connectivity index (χ2n) is 9.52. The highest BCUT2D eigenvalue weighted by atomic mass is 19.1. The number of hydrogen-bond donors (Lipinski definition) is 1. The average molecular weight is 419 g/mol. The van der Waals surface area contributed by atoms with Gasteiger partial charge >= 0.3 is 0 Å². The normalized spacial score (nSPS) is 25.2. The smallest absolute Gasteiger partial charge is 0.225 e. The lowest BCUT2D eigenvalue weighted by atomic mass is 9.58. The Hall–Kier alpha value is -2.82. The van der Waals surface area contributed by atoms with Crippen LogP contribution in [0, 0.1) is 17.7 Å². The molecular weight excluding hydrogens is 391 g/mol. The Kier molecular flexibility index (Phi) is 4.17. The SMILES string of the molecule is COc1cccc([C@]23CCN(C(=O)C4CC4)CC2Cc2c([nH]c4cccc(F)c24)C3)c1. The van der Waals surface area contributed by atoms with Crippen molar-refractivity contribution in [3.05, 3.63) is 65.1 Å². The van der Waals surface area contributed by atoms with Crippen LogP contribution >= 0.6 is 0 Å². The molecule has 3 aromatic rings. The van der Waals surface area contributed by atoms with Gasteiger partial charge in [0.25, 0.3) is 0 Å². The van der Waals surface area contributed by atoms with Crippen molar-refractivity contribution in [2.45, 2.75) is 37.5 Å². The number of methoxy groups -OCH3 is 1. The molecule has 2 atom stereocenters. The number of nitrogens with zero attached hydrogens (tertiary/aromatic N) is 1. The Morgan fingerprint density at radius 2 is 2.06 bits per heavy atom. The molecule has 1 amide bonds. The predicted molar refractivity (Wildman–Crippen MR) is 118 cm³/mol. The number of halogens is 1. The first-order valence-electron chi connectivity index (χ1n) is 11.3. The number of piperidine rings is 1. The molecule has 1 saturated carbocycles. The summed E-state index contributed by atoms with van der Waals surface area (Å²) in [6.45, 7) is 1.53. The topological polar surface area (TPSA) is 45.3 Å². The minimum atomic E-state index is -0.161. The molecule has 6 rings (SSSR count). The average Bonchev–Trinajstić information content (AvgIpc) is 3.58. The van der Waals surface area contributed by atoms with Gasteiger partial charge in [-0.15, -0.1) is 0 Å². The molecule has 0 spiro atoms. The number of carbonyl (C=O) groups excluding carboxylic acids is 1. The van der Waals surface area contributed by atoms with E-state index in [-0.39, 0.29) is 23.1 Å². The third-order valence-corrected chi connectivity index (χ3v) is 7.84. The maximum atomic E-state index is 14.8. The summed E-state index contributed by atoms with van der Waals surface area (Å²) < 4.78 is 20.3. The van der Waals surface area contributed by atoms with Gasteiger partial charge in [-0.25, -0.2) is 4.39 Å². The maximum Gasteiger partial charge on any atom is 0.225 e. The number of ether oxygens (including phenoxy) is 1. The Balaban J connectivity index is 1.47. The molecule has 160 valence electrons. The standard InChI is InChI=1S/C26H27FN2O2/c1-31-19-5-2-4-17(12-19)26-10-11-29(25(30)16-8-9-16)15-18(26)13-20-23(14-26)28-22-7-3-6-21(27)24(20)22/h2-7,12,16,18,28H,8-11,13-15H2,1H3/t18?,26-/m1/s1. The molecule has 2 heterocycles. The van der Waals surface area contributed by atoms with Crippen molar-refractivity contribution in [2.75, 3.05) is 20.2 Å². The first-order chi connectivity index (χ1) is 15.1. The molecule has 3 aliphatic rings. The molecule has 0 radical (unpaired) electrons. The van der Waals surface area contributed by atoms with Crippen LogP contribution in [-0.4, -0.2) is 36.0 Å². The Labute approximate surface area is 181 Å². The largest absolute Gasteiger partial charge is 0.497 e. The molecule has 5 heteroatoms. The number of hydrogen-bond acceptors (Lipinski definition) is 2. The van der Waals surface area contributed by atoms with Crippen LogP contribution in [0.1, 0.15) is 36.1 Å². The second kappa shape index (κ2) is 6.84. The number of rotatable bonds is 3. The second-order valence-corrected chi connectivity index (χ2v) is 9.52. The number of nitrogens with one attached hydrogen (secondary N) is 1. The van der Waals surface area contributed by atoms with Crippen molar-refractivity contribution >= 4 is 16.8 Å². The molecule has 2 fully saturated rings. The quantitative estimate of drug-likeness (QED) is 0.675. The van der Waals surface area contributed by atoms with Gasteiger partial charge in [0.15, 0.2) is 0 Å². The summed E-state index contributed by atoms with van der Waals surface area (Å²) in [4.78, 5) is 18.5. The van der Waals surface area contributed by atoms with Gasteiger partial charge in [-0.05, 0) is 73.4 Å². The molecule has 4 nitrogen and oxygen atoms in total. The highest BCUT2D eigenvalue weighted by Crippen LogP contribution is 2.50. The van der Waals surface area contributed by atoms with E-state index in [0.29, 0.717) is 5.91 Å². The van der Waals surface area contributed by atoms with Gasteiger partial charge in [-0.2, -0.15) is 0 Å². The van der Waals surface area contributed by atoms with Crippen molar-refractivity contribution in [3.63, 3.8) is 0 Å². The summed E-state index contributed by atoms with van der Waals surface area (Å²) in [7, 11) is 1.70. The number of carbonyl (C=O) groups is 1. The zero-order valence-corrected chi connectivity index (χ0v) is 17.8. The van der Waals surface area contributed by atoms with Crippen LogP contribution in [0.2, 0.25) is 0 Å². The lowest BCUT2D eigenvalue weighted by Crippen LogP contribution is -2.55. The van der Waals surface area contributed by atoms with E-state index < -0.39 is 0 Å². The number of aromatic nitrogens is 1. The Morgan fingerprint density at radius 1 is 1.23 bits per heavy atom. The van der Waals surface area contributed by atoms with Crippen molar-refractivity contribution in [2.24, 2.45) is 11.8 Å². The molecule has 1 unspecified atom stereocenters. The number of benzene rings is 2. The van der Waals surface area contributed by atoms with Crippen LogP contribution < -0.4 is 4.74 Å². The molecule has 1 N–H and O–H groups in total. The van der Waals surface area contributed by atoms with E-state index in [9.17, 15) is 9.18 Å². The van der Waals surface area contributed by atoms with E-state index in [1.54, 1.807) is 19.2 Å². The monoisotopic (exact) mass is 418 g/mol. The highest BCUT2D eigenvalue weighted by molar-refractivity contribution is 5.86. The van der Waals surface area contributed by atoms with E-state index in [4.69, 9.17) is 4.74 Å². The van der Waals surface area contributed by atoms with E-state index in [0.717, 1.165) is 73.1 Å². The van der Waals surface area contributed by atoms with Crippen molar-refractivity contribution in [1.82, 2.24) is 9.88 Å². The van der Waals surface area contributed by atoms with Gasteiger partial charge in [0.2, 0.25) is 5.91 Å². The first-order valence-corrected chi connectivity index (χ1v) is 11.3. The van der Waals surface area contributed by atoms with Gasteiger partial charge in [-0.1, -0.05) is 18.2 Å². The molecule has 1 aromatic heterocycles. The fourth-order valence-electron chi connectivity index (χ4n) is 6.03. The third-order valence-electron chi connectivity index (χ3n) is 7.84. The predicted octanol–water partition coefficient (Wildman–Crippen LogP) is 4.61. The summed E-state index contributed by atoms with van der Waals surface area (Å²) in [6.07, 6.45) is 4.58. The summed E-state index contributed by atoms with van der Waals surface area (Å²) in [5.74, 6) is 1.49. The number of amides is 1. The van der Waals surface area contributed by atoms with Crippen LogP contribution in [0.3, 0.4) is 0 Å². The Bertz CT molecular complexity index is 1180. The first kappa shape index (κ1) is 18.9. The van der Waals surface area contributed by atoms with Crippen molar-refractivity contribution < 1.29 is 13.9 Å². The zero-order chi connectivity index (χ0) is 21.2. The van der Waals surface area contributed by atoms with Gasteiger partial charge in [0.05, 0.1) is 7.11 Å². The third kappa shape index (κ3) is 2.89. The lowest BCUT2D eigenvalue weighted by molar-refractivity contribution is -0.135. The molecular formula is C26H27FN2O2. The molecule has 1 saturated heterocycles. The van der Waals surface area contributed by atoms with Gasteiger partial charge in [-0.3, -0.25) is 4.79 Å². The van der Waals surface area contributed by atoms with E-state index in [1.807, 2.05) is 12.1 Å². The summed E-state index contributed by atoms with van der Waals surface area (Å²) in [5.41, 5.74) is 4.29. The van der Waals surface area contributed by atoms with Gasteiger partial charge < -0.3 is 14.6 Å². The molecule has 2 aliphatic carbocycles. The fourth-order valence-corrected chi connectivity index (χ4v) is 6.03. The van der Waals surface area contributed by atoms with E-state index in [1.165, 1.54) is 5.56 Å². The minimum absolute atomic E-state index is 0.0841. The van der Waals surface area contributed by atoms with Crippen LogP contribution in [0.15, 0.2) is 42.5 Å². The van der Waals surface area contributed by atoms with Crippen LogP contribution in [0.5, 0.6) is 5.75 Å². The summed E-state index contributed by atoms with van der Waals surface area (Å²) in [6, 6.07) is 13.7. The number of likely N-dealkylation sites (tertiary alicyclic amines) is 1. The zero-order valence-electron chi connectivity index (χ0n) is 17.8. The summed E-state index contributed by atoms with van der Waals surface area (Å²) in [5, 5.41) is 0.724. The minimum Gasteiger partial charge on any atom is -0.497 e. The fraction of sp³-hybridized carbons (Fsp3) is 0.423. The highest BCUT2D eigenvalue weighted by Gasteiger charge is 2.50. The Morgan fingerprint density at radius 3 is 2.87 bits per heavy atom. The lowest BCUT2D eigenvalue weighted by Gasteiger charge is -2.51. The number of aromatic amines is 1. The molecule has 0 bridgehead atoms. The van der Waals surface area contributed by atoms with E-state index >= 15 is 0 Å². The van der Waals surface area contributed by atoms with Crippen molar-refractivity contribution in [3.8, 4) is 5.75 Å². The summed E-state index contributed by atoms with van der Waals surface area (Å²) >= 11 is 0. The van der Waals surface area contributed by atoms with Crippen molar-refractivity contribution in [1.29, 1.82) is 0 Å². The number of H-pyrrole nitrogens is 1. The van der Waals surface area contributed by atoms with Gasteiger partial charge in [0, 0.05) is 41.0 Å². The van der Waals surface area contributed by atoms with Crippen LogP contribution in [-0.2, 0) is 23.1 Å². The van der Waals surface area contributed by atoms with E-state index in [2.05, 4.69) is 28.1 Å². The molecule has 2 aromatic carbocycles.